The minimum absolute atomic E-state index is 0.0859. The Hall–Kier alpha value is -1.63. The van der Waals surface area contributed by atoms with Gasteiger partial charge in [0, 0.05) is 13.1 Å². The summed E-state index contributed by atoms with van der Waals surface area (Å²) in [4.78, 5) is 14.0. The molecule has 0 aliphatic heterocycles. The summed E-state index contributed by atoms with van der Waals surface area (Å²) in [6.07, 6.45) is 5.24. The molecule has 0 saturated heterocycles. The van der Waals surface area contributed by atoms with Crippen molar-refractivity contribution in [3.63, 3.8) is 0 Å². The Labute approximate surface area is 142 Å². The van der Waals surface area contributed by atoms with Crippen molar-refractivity contribution in [1.29, 1.82) is 0 Å². The molecule has 2 fully saturated rings. The number of H-pyrrole nitrogens is 1. The van der Waals surface area contributed by atoms with Crippen LogP contribution in [-0.4, -0.2) is 45.8 Å². The number of aromatic nitrogens is 2. The minimum Gasteiger partial charge on any atom is -0.360 e. The number of fused-ring (bicyclic) bond motifs is 2. The van der Waals surface area contributed by atoms with E-state index in [1.807, 2.05) is 20.9 Å². The highest BCUT2D eigenvalue weighted by Gasteiger charge is 2.39. The zero-order chi connectivity index (χ0) is 16.6. The smallest absolute Gasteiger partial charge is 0.244 e. The standard InChI is InChI=1S/C16H25N5OS/c1-9-15(10(2)20-19-9)18-14(22)8-21(3)16(23)17-13-7-11-4-5-12(13)6-11/h11-13H,4-8H2,1-3H3,(H,17,23)(H,18,22)(H,19,20)/t11-,12-,13+/m1/s1. The van der Waals surface area contributed by atoms with E-state index >= 15 is 0 Å². The molecule has 1 aromatic rings. The summed E-state index contributed by atoms with van der Waals surface area (Å²) in [5, 5.41) is 14.0. The van der Waals surface area contributed by atoms with Gasteiger partial charge >= 0.3 is 0 Å². The van der Waals surface area contributed by atoms with Crippen molar-refractivity contribution < 1.29 is 4.79 Å². The molecule has 0 unspecified atom stereocenters. The zero-order valence-corrected chi connectivity index (χ0v) is 14.8. The fourth-order valence-electron chi connectivity index (χ4n) is 3.89. The van der Waals surface area contributed by atoms with Crippen molar-refractivity contribution in [2.45, 2.75) is 45.6 Å². The number of nitrogens with zero attached hydrogens (tertiary/aromatic N) is 2. The van der Waals surface area contributed by atoms with Crippen LogP contribution in [0.15, 0.2) is 0 Å². The van der Waals surface area contributed by atoms with Gasteiger partial charge in [-0.3, -0.25) is 9.89 Å². The maximum absolute atomic E-state index is 12.2. The number of hydrogen-bond acceptors (Lipinski definition) is 3. The van der Waals surface area contributed by atoms with Crippen LogP contribution in [0, 0.1) is 25.7 Å². The van der Waals surface area contributed by atoms with E-state index in [4.69, 9.17) is 12.2 Å². The maximum atomic E-state index is 12.2. The third-order valence-corrected chi connectivity index (χ3v) is 5.60. The molecule has 0 spiro atoms. The third kappa shape index (κ3) is 3.49. The number of likely N-dealkylation sites (N-methyl/N-ethyl adjacent to an activating group) is 1. The first-order valence-electron chi connectivity index (χ1n) is 8.27. The van der Waals surface area contributed by atoms with Gasteiger partial charge in [0.2, 0.25) is 5.91 Å². The molecule has 126 valence electrons. The number of rotatable bonds is 4. The molecular formula is C16H25N5OS. The second-order valence-corrected chi connectivity index (χ2v) is 7.33. The normalized spacial score (nSPS) is 25.4. The summed E-state index contributed by atoms with van der Waals surface area (Å²) in [6.45, 7) is 3.99. The molecule has 2 aliphatic carbocycles. The van der Waals surface area contributed by atoms with Crippen LogP contribution in [0.4, 0.5) is 5.69 Å². The van der Waals surface area contributed by atoms with Gasteiger partial charge in [-0.15, -0.1) is 0 Å². The minimum atomic E-state index is -0.0859. The highest BCUT2D eigenvalue weighted by atomic mass is 32.1. The molecule has 0 aromatic carbocycles. The van der Waals surface area contributed by atoms with Gasteiger partial charge in [0.15, 0.2) is 5.11 Å². The second kappa shape index (κ2) is 6.47. The predicted molar refractivity (Wildman–Crippen MR) is 94.3 cm³/mol. The summed E-state index contributed by atoms with van der Waals surface area (Å²) in [5.74, 6) is 1.55. The van der Waals surface area contributed by atoms with Crippen LogP contribution in [0.1, 0.15) is 37.1 Å². The number of aromatic amines is 1. The lowest BCUT2D eigenvalue weighted by molar-refractivity contribution is -0.116. The Balaban J connectivity index is 1.49. The van der Waals surface area contributed by atoms with E-state index in [2.05, 4.69) is 20.8 Å². The van der Waals surface area contributed by atoms with Crippen LogP contribution >= 0.6 is 12.2 Å². The van der Waals surface area contributed by atoms with E-state index in [0.717, 1.165) is 28.9 Å². The molecule has 2 aliphatic rings. The first kappa shape index (κ1) is 16.2. The van der Waals surface area contributed by atoms with Crippen molar-refractivity contribution in [3.8, 4) is 0 Å². The highest BCUT2D eigenvalue weighted by Crippen LogP contribution is 2.44. The van der Waals surface area contributed by atoms with Gasteiger partial charge in [-0.1, -0.05) is 6.42 Å². The fourth-order valence-corrected chi connectivity index (χ4v) is 4.11. The number of aryl methyl sites for hydroxylation is 2. The van der Waals surface area contributed by atoms with Crippen LogP contribution in [0.25, 0.3) is 0 Å². The largest absolute Gasteiger partial charge is 0.360 e. The molecule has 7 heteroatoms. The fraction of sp³-hybridized carbons (Fsp3) is 0.688. The zero-order valence-electron chi connectivity index (χ0n) is 14.0. The van der Waals surface area contributed by atoms with Gasteiger partial charge in [0.05, 0.1) is 23.6 Å². The van der Waals surface area contributed by atoms with Crippen LogP contribution in [0.2, 0.25) is 0 Å². The Bertz CT molecular complexity index is 594. The number of amides is 1. The average Bonchev–Trinajstić information content (AvgIpc) is 3.19. The van der Waals surface area contributed by atoms with E-state index in [1.165, 1.54) is 25.7 Å². The molecule has 6 nitrogen and oxygen atoms in total. The molecule has 23 heavy (non-hydrogen) atoms. The predicted octanol–water partition coefficient (Wildman–Crippen LogP) is 1.96. The lowest BCUT2D eigenvalue weighted by Crippen LogP contribution is -2.47. The monoisotopic (exact) mass is 335 g/mol. The second-order valence-electron chi connectivity index (χ2n) is 6.94. The molecule has 3 atom stereocenters. The molecular weight excluding hydrogens is 310 g/mol. The van der Waals surface area contributed by atoms with Crippen molar-refractivity contribution in [1.82, 2.24) is 20.4 Å². The van der Waals surface area contributed by atoms with Gasteiger partial charge in [0.25, 0.3) is 0 Å². The number of carbonyl (C=O) groups is 1. The van der Waals surface area contributed by atoms with Crippen LogP contribution in [-0.2, 0) is 4.79 Å². The molecule has 2 saturated carbocycles. The topological polar surface area (TPSA) is 73.0 Å². The van der Waals surface area contributed by atoms with Crippen LogP contribution in [0.5, 0.6) is 0 Å². The average molecular weight is 335 g/mol. The molecule has 3 rings (SSSR count). The molecule has 0 radical (unpaired) electrons. The Kier molecular flexibility index (Phi) is 4.57. The summed E-state index contributed by atoms with van der Waals surface area (Å²) >= 11 is 5.46. The van der Waals surface area contributed by atoms with E-state index in [-0.39, 0.29) is 12.5 Å². The lowest BCUT2D eigenvalue weighted by atomic mass is 9.95. The van der Waals surface area contributed by atoms with Crippen LogP contribution in [0.3, 0.4) is 0 Å². The van der Waals surface area contributed by atoms with Crippen molar-refractivity contribution >= 4 is 28.9 Å². The molecule has 1 amide bonds. The molecule has 1 aromatic heterocycles. The Morgan fingerprint density at radius 2 is 2.17 bits per heavy atom. The summed E-state index contributed by atoms with van der Waals surface area (Å²) in [6, 6.07) is 0.491. The van der Waals surface area contributed by atoms with Crippen molar-refractivity contribution in [2.75, 3.05) is 18.9 Å². The summed E-state index contributed by atoms with van der Waals surface area (Å²) in [7, 11) is 1.86. The summed E-state index contributed by atoms with van der Waals surface area (Å²) in [5.41, 5.74) is 2.41. The lowest BCUT2D eigenvalue weighted by Gasteiger charge is -2.28. The number of nitrogens with one attached hydrogen (secondary N) is 3. The third-order valence-electron chi connectivity index (χ3n) is 5.17. The number of thiocarbonyl (C=S) groups is 1. The van der Waals surface area contributed by atoms with E-state index in [0.29, 0.717) is 11.2 Å². The SMILES string of the molecule is Cc1n[nH]c(C)c1NC(=O)CN(C)C(=S)N[C@H]1C[C@@H]2CC[C@@H]1C2. The van der Waals surface area contributed by atoms with Gasteiger partial charge in [0.1, 0.15) is 0 Å². The number of carbonyl (C=O) groups excluding carboxylic acids is 1. The van der Waals surface area contributed by atoms with E-state index < -0.39 is 0 Å². The summed E-state index contributed by atoms with van der Waals surface area (Å²) < 4.78 is 0. The molecule has 3 N–H and O–H groups in total. The van der Waals surface area contributed by atoms with Crippen LogP contribution < -0.4 is 10.6 Å². The van der Waals surface area contributed by atoms with Gasteiger partial charge < -0.3 is 15.5 Å². The highest BCUT2D eigenvalue weighted by molar-refractivity contribution is 7.80. The number of anilines is 1. The first-order chi connectivity index (χ1) is 10.9. The molecule has 2 bridgehead atoms. The Morgan fingerprint density at radius 3 is 2.74 bits per heavy atom. The Morgan fingerprint density at radius 1 is 1.39 bits per heavy atom. The van der Waals surface area contributed by atoms with Crippen molar-refractivity contribution in [3.05, 3.63) is 11.4 Å². The van der Waals surface area contributed by atoms with Gasteiger partial charge in [-0.25, -0.2) is 0 Å². The van der Waals surface area contributed by atoms with E-state index in [9.17, 15) is 4.79 Å². The van der Waals surface area contributed by atoms with Crippen molar-refractivity contribution in [2.24, 2.45) is 11.8 Å². The van der Waals surface area contributed by atoms with Gasteiger partial charge in [-0.05, 0) is 57.2 Å². The van der Waals surface area contributed by atoms with E-state index in [1.54, 1.807) is 4.90 Å². The number of hydrogen-bond donors (Lipinski definition) is 3. The molecule has 1 heterocycles. The maximum Gasteiger partial charge on any atom is 0.244 e. The quantitative estimate of drug-likeness (QED) is 0.734. The van der Waals surface area contributed by atoms with Gasteiger partial charge in [-0.2, -0.15) is 5.10 Å². The first-order valence-corrected chi connectivity index (χ1v) is 8.68.